The highest BCUT2D eigenvalue weighted by atomic mass is 16.3. The van der Waals surface area contributed by atoms with E-state index in [2.05, 4.69) is 129 Å². The van der Waals surface area contributed by atoms with E-state index in [1.165, 1.54) is 38.4 Å². The molecule has 0 radical (unpaired) electrons. The Bertz CT molecular complexity index is 2710. The molecule has 226 valence electrons. The fourth-order valence-electron chi connectivity index (χ4n) is 7.53. The maximum Gasteiger partial charge on any atom is 0.238 e. The highest BCUT2D eigenvalue weighted by Gasteiger charge is 2.21. The quantitative estimate of drug-likeness (QED) is 0.277. The van der Waals surface area contributed by atoms with Crippen LogP contribution in [0.1, 0.15) is 0 Å². The Morgan fingerprint density at radius 3 is 1.73 bits per heavy atom. The third-order valence-electron chi connectivity index (χ3n) is 10.5. The number of furan rings is 1. The monoisotopic (exact) mass is 624 g/mol. The second-order valence-corrected chi connectivity index (χ2v) is 13.0. The molecule has 0 unspecified atom stereocenters. The molecule has 3 aromatic heterocycles. The minimum absolute atomic E-state index is 0.573. The lowest BCUT2D eigenvalue weighted by Crippen LogP contribution is -2.55. The predicted octanol–water partition coefficient (Wildman–Crippen LogP) is 1.16. The summed E-state index contributed by atoms with van der Waals surface area (Å²) in [6.45, 7) is 0. The predicted molar refractivity (Wildman–Crippen MR) is 219 cm³/mol. The molecule has 3 heterocycles. The first kappa shape index (κ1) is 29.4. The first-order valence-electron chi connectivity index (χ1n) is 16.7. The van der Waals surface area contributed by atoms with Crippen LogP contribution >= 0.6 is 0 Å². The van der Waals surface area contributed by atoms with Gasteiger partial charge in [-0.15, -0.1) is 16.4 Å². The molecule has 0 aliphatic carbocycles. The zero-order valence-electron chi connectivity index (χ0n) is 28.2. The number of aromatic nitrogens is 4. The van der Waals surface area contributed by atoms with Crippen molar-refractivity contribution >= 4 is 110 Å². The Balaban J connectivity index is 1.27. The maximum absolute atomic E-state index is 6.60. The third-order valence-corrected chi connectivity index (χ3v) is 10.5. The van der Waals surface area contributed by atoms with Gasteiger partial charge in [0.1, 0.15) is 50.4 Å². The van der Waals surface area contributed by atoms with Crippen LogP contribution in [0.5, 0.6) is 0 Å². The van der Waals surface area contributed by atoms with Gasteiger partial charge in [0.05, 0.1) is 11.0 Å². The highest BCUT2D eigenvalue weighted by Crippen LogP contribution is 2.37. The second-order valence-electron chi connectivity index (χ2n) is 13.0. The van der Waals surface area contributed by atoms with E-state index >= 15 is 0 Å². The fourth-order valence-corrected chi connectivity index (χ4v) is 7.53. The van der Waals surface area contributed by atoms with E-state index in [-0.39, 0.29) is 0 Å². The molecular formula is C39H29B5N4O. The van der Waals surface area contributed by atoms with Gasteiger partial charge in [0.15, 0.2) is 11.6 Å². The van der Waals surface area contributed by atoms with E-state index in [1.807, 2.05) is 30.3 Å². The zero-order valence-corrected chi connectivity index (χ0v) is 28.2. The Morgan fingerprint density at radius 2 is 1.06 bits per heavy atom. The molecule has 0 spiro atoms. The van der Waals surface area contributed by atoms with Crippen LogP contribution in [-0.2, 0) is 0 Å². The Labute approximate surface area is 288 Å². The van der Waals surface area contributed by atoms with E-state index in [0.717, 1.165) is 54.9 Å². The van der Waals surface area contributed by atoms with Crippen LogP contribution in [0.15, 0.2) is 120 Å². The molecule has 49 heavy (non-hydrogen) atoms. The summed E-state index contributed by atoms with van der Waals surface area (Å²) in [4.78, 5) is 15.3. The molecule has 9 rings (SSSR count). The van der Waals surface area contributed by atoms with Crippen molar-refractivity contribution in [2.75, 3.05) is 0 Å². The number of hydrogen-bond donors (Lipinski definition) is 0. The highest BCUT2D eigenvalue weighted by molar-refractivity contribution is 6.69. The lowest BCUT2D eigenvalue weighted by molar-refractivity contribution is 0.669. The molecule has 0 amide bonds. The molecule has 0 fully saturated rings. The largest absolute Gasteiger partial charge is 0.456 e. The number of hydrogen-bond acceptors (Lipinski definition) is 4. The van der Waals surface area contributed by atoms with Gasteiger partial charge in [0, 0.05) is 32.7 Å². The number of rotatable bonds is 4. The van der Waals surface area contributed by atoms with Crippen LogP contribution in [0.4, 0.5) is 0 Å². The van der Waals surface area contributed by atoms with Crippen LogP contribution in [-0.4, -0.2) is 58.8 Å². The molecule has 6 aromatic carbocycles. The number of fused-ring (bicyclic) bond motifs is 6. The molecule has 10 heteroatoms. The molecule has 0 bridgehead atoms. The zero-order chi connectivity index (χ0) is 33.4. The van der Waals surface area contributed by atoms with Crippen molar-refractivity contribution in [3.8, 4) is 39.9 Å². The summed E-state index contributed by atoms with van der Waals surface area (Å²) in [5, 5.41) is 4.52. The van der Waals surface area contributed by atoms with E-state index in [9.17, 15) is 0 Å². The summed E-state index contributed by atoms with van der Waals surface area (Å²) in [5.41, 5.74) is 14.7. The normalized spacial score (nSPS) is 11.7. The molecule has 0 atom stereocenters. The summed E-state index contributed by atoms with van der Waals surface area (Å²) in [5.74, 6) is 1.78. The fraction of sp³-hybridized carbons (Fsp3) is 0. The van der Waals surface area contributed by atoms with E-state index in [0.29, 0.717) is 17.6 Å². The SMILES string of the molecule is Bc1c(B)c(B)c(-c2cccc3oc4cc(-c5nc(-c6ccccc6)nc(-n6c7ccccc7c7ccccc76)n5)ccc4c23)c(B)c1B. The first-order chi connectivity index (χ1) is 23.9. The average Bonchev–Trinajstić information content (AvgIpc) is 3.69. The van der Waals surface area contributed by atoms with Crippen molar-refractivity contribution in [3.63, 3.8) is 0 Å². The van der Waals surface area contributed by atoms with Gasteiger partial charge in [0.2, 0.25) is 5.95 Å². The van der Waals surface area contributed by atoms with Gasteiger partial charge in [0.25, 0.3) is 0 Å². The van der Waals surface area contributed by atoms with Crippen molar-refractivity contribution in [3.05, 3.63) is 115 Å². The minimum atomic E-state index is 0.573. The summed E-state index contributed by atoms with van der Waals surface area (Å²) >= 11 is 0. The van der Waals surface area contributed by atoms with Crippen LogP contribution in [0.2, 0.25) is 0 Å². The van der Waals surface area contributed by atoms with Gasteiger partial charge in [-0.1, -0.05) is 95.9 Å². The van der Waals surface area contributed by atoms with Gasteiger partial charge in [-0.2, -0.15) is 9.97 Å². The van der Waals surface area contributed by atoms with E-state index < -0.39 is 0 Å². The molecule has 9 aromatic rings. The number of benzene rings is 6. The van der Waals surface area contributed by atoms with E-state index in [1.54, 1.807) is 0 Å². The molecule has 0 saturated heterocycles. The number of nitrogens with zero attached hydrogens (tertiary/aromatic N) is 4. The van der Waals surface area contributed by atoms with Gasteiger partial charge in [-0.05, 0) is 41.5 Å². The summed E-state index contributed by atoms with van der Waals surface area (Å²) in [6.07, 6.45) is 0. The topological polar surface area (TPSA) is 56.7 Å². The van der Waals surface area contributed by atoms with Crippen molar-refractivity contribution in [1.29, 1.82) is 0 Å². The minimum Gasteiger partial charge on any atom is -0.456 e. The molecule has 0 saturated carbocycles. The van der Waals surface area contributed by atoms with Gasteiger partial charge >= 0.3 is 0 Å². The van der Waals surface area contributed by atoms with Crippen LogP contribution in [0.3, 0.4) is 0 Å². The molecule has 0 aliphatic rings. The summed E-state index contributed by atoms with van der Waals surface area (Å²) in [6, 6.07) is 39.7. The average molecular weight is 624 g/mol. The standard InChI is InChI=1S/C39H29B5N4O/c40-32-31(33(41)35(43)36(44)34(32)42)25-13-8-16-28-30(25)24-18-17-21(19-29(24)49-28)38-45-37(20-9-2-1-3-10-20)46-39(47-38)48-26-14-6-4-11-22(26)23-12-5-7-15-27(23)48/h1-19H,40-44H2. The van der Waals surface area contributed by atoms with Crippen molar-refractivity contribution in [2.24, 2.45) is 0 Å². The maximum atomic E-state index is 6.60. The Hall–Kier alpha value is -5.75. The van der Waals surface area contributed by atoms with Gasteiger partial charge < -0.3 is 4.42 Å². The summed E-state index contributed by atoms with van der Waals surface area (Å²) < 4.78 is 8.74. The lowest BCUT2D eigenvalue weighted by atomic mass is 9.59. The van der Waals surface area contributed by atoms with Crippen molar-refractivity contribution in [1.82, 2.24) is 19.5 Å². The van der Waals surface area contributed by atoms with Crippen LogP contribution in [0.25, 0.3) is 83.6 Å². The van der Waals surface area contributed by atoms with Crippen LogP contribution in [0, 0.1) is 0 Å². The Kier molecular flexibility index (Phi) is 6.70. The van der Waals surface area contributed by atoms with E-state index in [4.69, 9.17) is 19.4 Å². The molecular weight excluding hydrogens is 595 g/mol. The van der Waals surface area contributed by atoms with Crippen molar-refractivity contribution in [2.45, 2.75) is 0 Å². The lowest BCUT2D eigenvalue weighted by Gasteiger charge is -2.21. The number of para-hydroxylation sites is 2. The second kappa shape index (κ2) is 11.2. The summed E-state index contributed by atoms with van der Waals surface area (Å²) in [7, 11) is 11.2. The molecule has 0 aliphatic heterocycles. The first-order valence-corrected chi connectivity index (χ1v) is 16.7. The van der Waals surface area contributed by atoms with Crippen LogP contribution < -0.4 is 27.3 Å². The Morgan fingerprint density at radius 1 is 0.469 bits per heavy atom. The van der Waals surface area contributed by atoms with Gasteiger partial charge in [-0.25, -0.2) is 4.98 Å². The molecule has 0 N–H and O–H groups in total. The van der Waals surface area contributed by atoms with Crippen molar-refractivity contribution < 1.29 is 4.42 Å². The smallest absolute Gasteiger partial charge is 0.238 e. The third kappa shape index (κ3) is 4.51. The van der Waals surface area contributed by atoms with Gasteiger partial charge in [-0.3, -0.25) is 4.57 Å². The molecule has 5 nitrogen and oxygen atoms in total.